The van der Waals surface area contributed by atoms with E-state index in [1.165, 1.54) is 0 Å². The van der Waals surface area contributed by atoms with Crippen LogP contribution in [0.2, 0.25) is 0 Å². The van der Waals surface area contributed by atoms with Crippen LogP contribution in [0.25, 0.3) is 11.3 Å². The van der Waals surface area contributed by atoms with Crippen molar-refractivity contribution in [1.29, 1.82) is 0 Å². The standard InChI is InChI=1S/C19H21F5N4/c1-11-8-16(25-13-4-3-7-28(2)10-13)26-27-17(11)14-6-5-12(19(22,23)24)9-15(14)18(20)21/h5-6,8-9,13,18H,3-4,7,10H2,1-2H3,(H,25,26)/t13-/m1/s1. The van der Waals surface area contributed by atoms with E-state index in [0.717, 1.165) is 38.1 Å². The predicted octanol–water partition coefficient (Wildman–Crippen LogP) is 4.91. The van der Waals surface area contributed by atoms with Crippen LogP contribution in [0.1, 0.15) is 36.0 Å². The minimum Gasteiger partial charge on any atom is -0.365 e. The van der Waals surface area contributed by atoms with Gasteiger partial charge in [-0.3, -0.25) is 0 Å². The van der Waals surface area contributed by atoms with Gasteiger partial charge in [-0.2, -0.15) is 13.2 Å². The fourth-order valence-electron chi connectivity index (χ4n) is 3.45. The summed E-state index contributed by atoms with van der Waals surface area (Å²) in [5.41, 5.74) is -1.16. The van der Waals surface area contributed by atoms with Crippen LogP contribution in [-0.4, -0.2) is 41.3 Å². The first kappa shape index (κ1) is 20.4. The molecule has 0 radical (unpaired) electrons. The number of anilines is 1. The zero-order valence-electron chi connectivity index (χ0n) is 15.5. The topological polar surface area (TPSA) is 41.0 Å². The van der Waals surface area contributed by atoms with Gasteiger partial charge in [0.05, 0.1) is 11.3 Å². The predicted molar refractivity (Wildman–Crippen MR) is 96.3 cm³/mol. The van der Waals surface area contributed by atoms with Gasteiger partial charge in [0.2, 0.25) is 0 Å². The number of piperidine rings is 1. The Bertz CT molecular complexity index is 838. The third kappa shape index (κ3) is 4.57. The summed E-state index contributed by atoms with van der Waals surface area (Å²) < 4.78 is 65.4. The van der Waals surface area contributed by atoms with E-state index in [1.807, 2.05) is 7.05 Å². The summed E-state index contributed by atoms with van der Waals surface area (Å²) in [4.78, 5) is 2.20. The maximum atomic E-state index is 13.4. The molecule has 1 aromatic heterocycles. The average Bonchev–Trinajstić information content (AvgIpc) is 2.60. The second kappa shape index (κ2) is 7.98. The molecule has 1 saturated heterocycles. The van der Waals surface area contributed by atoms with E-state index in [2.05, 4.69) is 20.4 Å². The Morgan fingerprint density at radius 1 is 1.18 bits per heavy atom. The number of nitrogens with one attached hydrogen (secondary N) is 1. The van der Waals surface area contributed by atoms with Crippen LogP contribution in [0.15, 0.2) is 24.3 Å². The number of likely N-dealkylation sites (N-methyl/N-ethyl adjacent to an activating group) is 1. The molecule has 1 aromatic carbocycles. The van der Waals surface area contributed by atoms with Crippen LogP contribution in [0, 0.1) is 6.92 Å². The van der Waals surface area contributed by atoms with Crippen molar-refractivity contribution in [3.05, 3.63) is 41.0 Å². The van der Waals surface area contributed by atoms with Crippen LogP contribution in [0.4, 0.5) is 27.8 Å². The Labute approximate surface area is 159 Å². The van der Waals surface area contributed by atoms with Gasteiger partial charge in [-0.15, -0.1) is 10.2 Å². The molecule has 1 aliphatic rings. The van der Waals surface area contributed by atoms with Crippen molar-refractivity contribution in [3.63, 3.8) is 0 Å². The molecule has 0 aliphatic carbocycles. The van der Waals surface area contributed by atoms with Gasteiger partial charge in [-0.1, -0.05) is 6.07 Å². The van der Waals surface area contributed by atoms with Crippen molar-refractivity contribution in [2.75, 3.05) is 25.5 Å². The largest absolute Gasteiger partial charge is 0.416 e. The van der Waals surface area contributed by atoms with E-state index in [4.69, 9.17) is 0 Å². The highest BCUT2D eigenvalue weighted by Crippen LogP contribution is 2.37. The number of nitrogens with zero attached hydrogens (tertiary/aromatic N) is 3. The summed E-state index contributed by atoms with van der Waals surface area (Å²) in [5, 5.41) is 11.4. The fraction of sp³-hybridized carbons (Fsp3) is 0.474. The molecule has 0 saturated carbocycles. The van der Waals surface area contributed by atoms with Gasteiger partial charge in [0.1, 0.15) is 5.82 Å². The molecule has 1 N–H and O–H groups in total. The number of hydrogen-bond acceptors (Lipinski definition) is 4. The number of aryl methyl sites for hydroxylation is 1. The number of rotatable bonds is 4. The molecule has 9 heteroatoms. The SMILES string of the molecule is Cc1cc(N[C@@H]2CCCN(C)C2)nnc1-c1ccc(C(F)(F)F)cc1C(F)F. The monoisotopic (exact) mass is 400 g/mol. The first-order chi connectivity index (χ1) is 13.1. The van der Waals surface area contributed by atoms with Gasteiger partial charge in [0.25, 0.3) is 6.43 Å². The number of alkyl halides is 5. The lowest BCUT2D eigenvalue weighted by Crippen LogP contribution is -2.39. The summed E-state index contributed by atoms with van der Waals surface area (Å²) in [6.07, 6.45) is -5.71. The molecule has 1 aliphatic heterocycles. The molecular weight excluding hydrogens is 379 g/mol. The average molecular weight is 400 g/mol. The number of halogens is 5. The van der Waals surface area contributed by atoms with Crippen LogP contribution in [0.3, 0.4) is 0 Å². The van der Waals surface area contributed by atoms with Gasteiger partial charge >= 0.3 is 6.18 Å². The molecule has 152 valence electrons. The number of benzene rings is 1. The zero-order chi connectivity index (χ0) is 20.5. The van der Waals surface area contributed by atoms with Crippen LogP contribution < -0.4 is 5.32 Å². The van der Waals surface area contributed by atoms with E-state index < -0.39 is 23.7 Å². The molecular formula is C19H21F5N4. The van der Waals surface area contributed by atoms with Gasteiger partial charge < -0.3 is 10.2 Å². The highest BCUT2D eigenvalue weighted by atomic mass is 19.4. The first-order valence-corrected chi connectivity index (χ1v) is 8.94. The van der Waals surface area contributed by atoms with Gasteiger partial charge in [-0.05, 0) is 57.1 Å². The molecule has 28 heavy (non-hydrogen) atoms. The molecule has 0 bridgehead atoms. The number of hydrogen-bond donors (Lipinski definition) is 1. The van der Waals surface area contributed by atoms with E-state index in [-0.39, 0.29) is 17.3 Å². The van der Waals surface area contributed by atoms with Gasteiger partial charge in [-0.25, -0.2) is 8.78 Å². The maximum Gasteiger partial charge on any atom is 0.416 e. The van der Waals surface area contributed by atoms with E-state index in [1.54, 1.807) is 13.0 Å². The second-order valence-electron chi connectivity index (χ2n) is 7.11. The number of aromatic nitrogens is 2. The summed E-state index contributed by atoms with van der Waals surface area (Å²) in [7, 11) is 2.03. The smallest absolute Gasteiger partial charge is 0.365 e. The Morgan fingerprint density at radius 3 is 2.54 bits per heavy atom. The summed E-state index contributed by atoms with van der Waals surface area (Å²) >= 11 is 0. The lowest BCUT2D eigenvalue weighted by atomic mass is 9.98. The minimum absolute atomic E-state index is 0.0445. The maximum absolute atomic E-state index is 13.4. The van der Waals surface area contributed by atoms with Crippen molar-refractivity contribution in [2.45, 2.75) is 38.4 Å². The van der Waals surface area contributed by atoms with Crippen molar-refractivity contribution < 1.29 is 22.0 Å². The Balaban J connectivity index is 1.89. The van der Waals surface area contributed by atoms with Crippen molar-refractivity contribution in [3.8, 4) is 11.3 Å². The van der Waals surface area contributed by atoms with E-state index in [9.17, 15) is 22.0 Å². The van der Waals surface area contributed by atoms with E-state index in [0.29, 0.717) is 17.4 Å². The Kier molecular flexibility index (Phi) is 5.83. The van der Waals surface area contributed by atoms with Crippen molar-refractivity contribution in [2.24, 2.45) is 0 Å². The molecule has 4 nitrogen and oxygen atoms in total. The molecule has 1 fully saturated rings. The fourth-order valence-corrected chi connectivity index (χ4v) is 3.45. The Morgan fingerprint density at radius 2 is 1.93 bits per heavy atom. The van der Waals surface area contributed by atoms with Gasteiger partial charge in [0, 0.05) is 23.7 Å². The molecule has 1 atom stereocenters. The third-order valence-corrected chi connectivity index (χ3v) is 4.83. The van der Waals surface area contributed by atoms with Crippen molar-refractivity contribution >= 4 is 5.82 Å². The molecule has 2 aromatic rings. The summed E-state index contributed by atoms with van der Waals surface area (Å²) in [6.45, 7) is 3.57. The second-order valence-corrected chi connectivity index (χ2v) is 7.11. The quantitative estimate of drug-likeness (QED) is 0.740. The van der Waals surface area contributed by atoms with Crippen molar-refractivity contribution in [1.82, 2.24) is 15.1 Å². The first-order valence-electron chi connectivity index (χ1n) is 8.94. The van der Waals surface area contributed by atoms with E-state index >= 15 is 0 Å². The zero-order valence-corrected chi connectivity index (χ0v) is 15.5. The molecule has 3 rings (SSSR count). The lowest BCUT2D eigenvalue weighted by Gasteiger charge is -2.30. The highest BCUT2D eigenvalue weighted by molar-refractivity contribution is 5.68. The molecule has 0 amide bonds. The summed E-state index contributed by atoms with van der Waals surface area (Å²) in [6, 6.07) is 4.19. The molecule has 0 unspecified atom stereocenters. The third-order valence-electron chi connectivity index (χ3n) is 4.83. The van der Waals surface area contributed by atoms with Crippen LogP contribution in [-0.2, 0) is 6.18 Å². The van der Waals surface area contributed by atoms with Crippen LogP contribution in [0.5, 0.6) is 0 Å². The Hall–Kier alpha value is -2.29. The molecule has 2 heterocycles. The minimum atomic E-state index is -4.69. The molecule has 0 spiro atoms. The lowest BCUT2D eigenvalue weighted by molar-refractivity contribution is -0.137. The summed E-state index contributed by atoms with van der Waals surface area (Å²) in [5.74, 6) is 0.520. The normalized spacial score (nSPS) is 18.5. The van der Waals surface area contributed by atoms with Crippen LogP contribution >= 0.6 is 0 Å². The number of likely N-dealkylation sites (tertiary alicyclic amines) is 1. The van der Waals surface area contributed by atoms with Gasteiger partial charge in [0.15, 0.2) is 0 Å². The highest BCUT2D eigenvalue weighted by Gasteiger charge is 2.32.